The third-order valence-corrected chi connectivity index (χ3v) is 6.93. The van der Waals surface area contributed by atoms with Gasteiger partial charge in [0.05, 0.1) is 5.70 Å². The molecule has 0 fully saturated rings. The second-order valence-electron chi connectivity index (χ2n) is 9.96. The molecule has 37 heavy (non-hydrogen) atoms. The second kappa shape index (κ2) is 10.4. The molecule has 0 amide bonds. The van der Waals surface area contributed by atoms with Gasteiger partial charge in [-0.3, -0.25) is 4.99 Å². The molecule has 0 heterocycles. The summed E-state index contributed by atoms with van der Waals surface area (Å²) in [7, 11) is 0. The Balaban J connectivity index is 0.000000153. The molecule has 0 saturated carbocycles. The maximum Gasteiger partial charge on any atom is 0.0635 e. The Morgan fingerprint density at radius 2 is 1.27 bits per heavy atom. The Hall–Kier alpha value is -4.23. The second-order valence-corrected chi connectivity index (χ2v) is 9.96. The quantitative estimate of drug-likeness (QED) is 0.180. The summed E-state index contributed by atoms with van der Waals surface area (Å²) >= 11 is 0. The maximum atomic E-state index is 4.55. The van der Waals surface area contributed by atoms with Crippen molar-refractivity contribution >= 4 is 55.4 Å². The predicted octanol–water partition coefficient (Wildman–Crippen LogP) is 10.3. The van der Waals surface area contributed by atoms with Crippen LogP contribution in [0.2, 0.25) is 0 Å². The van der Waals surface area contributed by atoms with E-state index < -0.39 is 0 Å². The molecular weight excluding hydrogens is 446 g/mol. The number of fused-ring (bicyclic) bond motifs is 6. The Morgan fingerprint density at radius 3 is 1.95 bits per heavy atom. The van der Waals surface area contributed by atoms with Crippen LogP contribution in [0.3, 0.4) is 0 Å². The molecule has 0 unspecified atom stereocenters. The lowest BCUT2D eigenvalue weighted by molar-refractivity contribution is 0.989. The molecule has 5 aromatic carbocycles. The smallest absolute Gasteiger partial charge is 0.0635 e. The van der Waals surface area contributed by atoms with Gasteiger partial charge in [-0.15, -0.1) is 0 Å². The third kappa shape index (κ3) is 4.90. The molecule has 0 atom stereocenters. The molecule has 1 heteroatoms. The van der Waals surface area contributed by atoms with Crippen LogP contribution in [0.25, 0.3) is 49.7 Å². The van der Waals surface area contributed by atoms with Gasteiger partial charge < -0.3 is 0 Å². The molecule has 6 rings (SSSR count). The van der Waals surface area contributed by atoms with Crippen LogP contribution >= 0.6 is 0 Å². The molecule has 1 nitrogen and oxygen atoms in total. The molecule has 182 valence electrons. The van der Waals surface area contributed by atoms with Crippen LogP contribution in [0.5, 0.6) is 0 Å². The zero-order valence-corrected chi connectivity index (χ0v) is 22.0. The number of aryl methyl sites for hydroxylation is 1. The summed E-state index contributed by atoms with van der Waals surface area (Å²) in [6, 6.07) is 30.1. The first-order chi connectivity index (χ1) is 17.9. The lowest BCUT2D eigenvalue weighted by atomic mass is 9.88. The standard InChI is InChI=1S/C19H19N.C17H14/c1-13(2)20-14(3)19-12-15-8-4-5-9-16(15)17-10-6-7-11-18(17)19;1-12(2)17-11-13-7-3-4-8-14(13)15-9-5-6-10-16(15)17/h5-7,9-12H,3-4,8H2,1-2H3;3-11H,1H2,2H3. The average molecular weight is 480 g/mol. The number of aliphatic imine (C=N–C) groups is 1. The summed E-state index contributed by atoms with van der Waals surface area (Å²) in [4.78, 5) is 4.55. The molecule has 0 aliphatic heterocycles. The number of allylic oxidation sites excluding steroid dienone is 2. The van der Waals surface area contributed by atoms with Crippen molar-refractivity contribution in [3.8, 4) is 0 Å². The van der Waals surface area contributed by atoms with Crippen molar-refractivity contribution in [2.75, 3.05) is 0 Å². The number of benzene rings is 5. The minimum Gasteiger partial charge on any atom is -0.258 e. The van der Waals surface area contributed by atoms with E-state index >= 15 is 0 Å². The molecule has 0 N–H and O–H groups in total. The molecule has 1 aliphatic rings. The summed E-state index contributed by atoms with van der Waals surface area (Å²) in [5.74, 6) is 0. The minimum atomic E-state index is 0.860. The fourth-order valence-corrected chi connectivity index (χ4v) is 5.28. The normalized spacial score (nSPS) is 12.1. The van der Waals surface area contributed by atoms with Gasteiger partial charge in [-0.1, -0.05) is 104 Å². The van der Waals surface area contributed by atoms with E-state index in [-0.39, 0.29) is 0 Å². The van der Waals surface area contributed by atoms with E-state index in [1.165, 1.54) is 49.0 Å². The van der Waals surface area contributed by atoms with Gasteiger partial charge in [-0.25, -0.2) is 0 Å². The maximum absolute atomic E-state index is 4.55. The first kappa shape index (κ1) is 24.5. The number of hydrogen-bond acceptors (Lipinski definition) is 1. The lowest BCUT2D eigenvalue weighted by Crippen LogP contribution is -1.98. The Morgan fingerprint density at radius 1 is 0.676 bits per heavy atom. The average Bonchev–Trinajstić information content (AvgIpc) is 2.92. The van der Waals surface area contributed by atoms with Crippen molar-refractivity contribution in [3.63, 3.8) is 0 Å². The van der Waals surface area contributed by atoms with Crippen LogP contribution in [-0.2, 0) is 6.42 Å². The molecule has 1 aliphatic carbocycles. The summed E-state index contributed by atoms with van der Waals surface area (Å²) in [6.45, 7) is 14.3. The van der Waals surface area contributed by atoms with E-state index in [0.717, 1.165) is 35.4 Å². The summed E-state index contributed by atoms with van der Waals surface area (Å²) in [6.07, 6.45) is 6.73. The van der Waals surface area contributed by atoms with E-state index in [9.17, 15) is 0 Å². The van der Waals surface area contributed by atoms with Crippen molar-refractivity contribution in [2.45, 2.75) is 33.6 Å². The highest BCUT2D eigenvalue weighted by atomic mass is 14.7. The topological polar surface area (TPSA) is 12.4 Å². The highest BCUT2D eigenvalue weighted by Crippen LogP contribution is 2.34. The van der Waals surface area contributed by atoms with Crippen molar-refractivity contribution in [3.05, 3.63) is 126 Å². The zero-order valence-electron chi connectivity index (χ0n) is 22.0. The van der Waals surface area contributed by atoms with Gasteiger partial charge in [0.1, 0.15) is 0 Å². The Bertz CT molecular complexity index is 1730. The molecule has 0 saturated heterocycles. The van der Waals surface area contributed by atoms with Crippen molar-refractivity contribution in [1.82, 2.24) is 0 Å². The molecule has 0 bridgehead atoms. The zero-order chi connectivity index (χ0) is 25.9. The first-order valence-electron chi connectivity index (χ1n) is 12.9. The van der Waals surface area contributed by atoms with Crippen molar-refractivity contribution in [1.29, 1.82) is 0 Å². The first-order valence-corrected chi connectivity index (χ1v) is 12.9. The van der Waals surface area contributed by atoms with Gasteiger partial charge in [-0.05, 0) is 94.8 Å². The van der Waals surface area contributed by atoms with Crippen LogP contribution in [0.1, 0.15) is 49.4 Å². The van der Waals surface area contributed by atoms with Gasteiger partial charge in [0.2, 0.25) is 0 Å². The van der Waals surface area contributed by atoms with Crippen molar-refractivity contribution in [2.24, 2.45) is 4.99 Å². The fourth-order valence-electron chi connectivity index (χ4n) is 5.28. The van der Waals surface area contributed by atoms with E-state index in [0.29, 0.717) is 0 Å². The van der Waals surface area contributed by atoms with Crippen LogP contribution < -0.4 is 0 Å². The van der Waals surface area contributed by atoms with E-state index in [4.69, 9.17) is 0 Å². The summed E-state index contributed by atoms with van der Waals surface area (Å²) in [5.41, 5.74) is 8.20. The minimum absolute atomic E-state index is 0.860. The Labute approximate surface area is 220 Å². The van der Waals surface area contributed by atoms with Gasteiger partial charge in [0.15, 0.2) is 0 Å². The monoisotopic (exact) mass is 479 g/mol. The molecular formula is C36H33N. The predicted molar refractivity (Wildman–Crippen MR) is 165 cm³/mol. The van der Waals surface area contributed by atoms with E-state index in [2.05, 4.69) is 122 Å². The molecule has 0 radical (unpaired) electrons. The highest BCUT2D eigenvalue weighted by Gasteiger charge is 2.13. The van der Waals surface area contributed by atoms with Crippen LogP contribution in [-0.4, -0.2) is 5.71 Å². The number of nitrogens with zero attached hydrogens (tertiary/aromatic N) is 1. The molecule has 0 spiro atoms. The van der Waals surface area contributed by atoms with E-state index in [1.807, 2.05) is 13.8 Å². The van der Waals surface area contributed by atoms with Crippen molar-refractivity contribution < 1.29 is 0 Å². The third-order valence-electron chi connectivity index (χ3n) is 6.93. The summed E-state index contributed by atoms with van der Waals surface area (Å²) in [5, 5.41) is 7.74. The van der Waals surface area contributed by atoms with E-state index in [1.54, 1.807) is 0 Å². The Kier molecular flexibility index (Phi) is 6.88. The lowest BCUT2D eigenvalue weighted by Gasteiger charge is -2.17. The highest BCUT2D eigenvalue weighted by molar-refractivity contribution is 6.11. The molecule has 5 aromatic rings. The fraction of sp³-hybridized carbons (Fsp3) is 0.139. The number of hydrogen-bond donors (Lipinski definition) is 0. The summed E-state index contributed by atoms with van der Waals surface area (Å²) < 4.78 is 0. The largest absolute Gasteiger partial charge is 0.258 e. The van der Waals surface area contributed by atoms with Gasteiger partial charge in [-0.2, -0.15) is 0 Å². The number of rotatable bonds is 3. The van der Waals surface area contributed by atoms with Gasteiger partial charge in [0.25, 0.3) is 0 Å². The van der Waals surface area contributed by atoms with Gasteiger partial charge in [0, 0.05) is 11.3 Å². The van der Waals surface area contributed by atoms with Gasteiger partial charge >= 0.3 is 0 Å². The SMILES string of the molecule is C=C(C)c1cc2ccccc2c2ccccc12.C=C(N=C(C)C)c1cc2c(c3ccccc13)C=CCC2. The van der Waals surface area contributed by atoms with Crippen LogP contribution in [0.4, 0.5) is 0 Å². The molecule has 0 aromatic heterocycles. The van der Waals surface area contributed by atoms with Crippen LogP contribution in [0.15, 0.2) is 109 Å². The van der Waals surface area contributed by atoms with Crippen LogP contribution in [0, 0.1) is 0 Å².